The fourth-order valence-corrected chi connectivity index (χ4v) is 1.16. The lowest BCUT2D eigenvalue weighted by Crippen LogP contribution is -2.32. The monoisotopic (exact) mass is 237 g/mol. The summed E-state index contributed by atoms with van der Waals surface area (Å²) in [6.07, 6.45) is 0. The van der Waals surface area contributed by atoms with E-state index < -0.39 is 0 Å². The molecule has 4 heteroatoms. The molecule has 0 saturated heterocycles. The predicted octanol–water partition coefficient (Wildman–Crippen LogP) is 1.59. The van der Waals surface area contributed by atoms with Gasteiger partial charge in [0.25, 0.3) is 0 Å². The van der Waals surface area contributed by atoms with Crippen LogP contribution in [-0.4, -0.2) is 25.2 Å². The number of benzene rings is 1. The highest BCUT2D eigenvalue weighted by Crippen LogP contribution is 2.08. The smallest absolute Gasteiger partial charge is 0.310 e. The fraction of sp³-hybridized carbons (Fsp3) is 0.462. The van der Waals surface area contributed by atoms with Crippen molar-refractivity contribution in [3.63, 3.8) is 0 Å². The van der Waals surface area contributed by atoms with Crippen molar-refractivity contribution < 1.29 is 14.3 Å². The lowest BCUT2D eigenvalue weighted by Gasteiger charge is -2.14. The highest BCUT2D eigenvalue weighted by Gasteiger charge is 2.18. The van der Waals surface area contributed by atoms with Gasteiger partial charge in [-0.25, -0.2) is 0 Å². The molecule has 0 heterocycles. The molecule has 1 rings (SSSR count). The van der Waals surface area contributed by atoms with Gasteiger partial charge in [-0.15, -0.1) is 0 Å². The molecule has 94 valence electrons. The molecule has 4 nitrogen and oxygen atoms in total. The van der Waals surface area contributed by atoms with Gasteiger partial charge in [-0.3, -0.25) is 4.79 Å². The number of esters is 1. The molecular weight excluding hydrogens is 218 g/mol. The fourth-order valence-electron chi connectivity index (χ4n) is 1.16. The Morgan fingerprint density at radius 3 is 2.47 bits per heavy atom. The molecule has 2 unspecified atom stereocenters. The lowest BCUT2D eigenvalue weighted by atomic mass is 10.1. The summed E-state index contributed by atoms with van der Waals surface area (Å²) in [5.74, 6) is 0.201. The zero-order valence-electron chi connectivity index (χ0n) is 10.3. The number of nitrogens with two attached hydrogens (primary N) is 1. The molecule has 0 fully saturated rings. The first kappa shape index (κ1) is 13.5. The summed E-state index contributed by atoms with van der Waals surface area (Å²) in [4.78, 5) is 11.4. The Hall–Kier alpha value is -1.55. The summed E-state index contributed by atoms with van der Waals surface area (Å²) in [5, 5.41) is 0. The second-order valence-corrected chi connectivity index (χ2v) is 3.98. The van der Waals surface area contributed by atoms with Crippen LogP contribution in [0.1, 0.15) is 13.8 Å². The van der Waals surface area contributed by atoms with Crippen molar-refractivity contribution in [2.45, 2.75) is 19.9 Å². The second-order valence-electron chi connectivity index (χ2n) is 3.98. The van der Waals surface area contributed by atoms with Gasteiger partial charge in [-0.05, 0) is 19.1 Å². The molecule has 0 aromatic heterocycles. The number of carbonyl (C=O) groups excluding carboxylic acids is 1. The molecule has 0 bridgehead atoms. The summed E-state index contributed by atoms with van der Waals surface area (Å²) < 4.78 is 10.4. The van der Waals surface area contributed by atoms with E-state index in [1.807, 2.05) is 30.3 Å². The predicted molar refractivity (Wildman–Crippen MR) is 65.7 cm³/mol. The Labute approximate surface area is 102 Å². The molecule has 0 aliphatic rings. The molecule has 2 N–H and O–H groups in total. The van der Waals surface area contributed by atoms with Crippen LogP contribution < -0.4 is 10.5 Å². The Kier molecular flexibility index (Phi) is 5.49. The first-order valence-corrected chi connectivity index (χ1v) is 5.71. The molecule has 0 spiro atoms. The standard InChI is InChI=1S/C13H19NO3/c1-10(11(2)14)13(15)17-9-8-16-12-6-4-3-5-7-12/h3-7,10-11H,8-9,14H2,1-2H3. The van der Waals surface area contributed by atoms with Crippen molar-refractivity contribution in [2.75, 3.05) is 13.2 Å². The number of rotatable bonds is 6. The molecule has 1 aromatic rings. The van der Waals surface area contributed by atoms with E-state index in [0.717, 1.165) is 5.75 Å². The minimum atomic E-state index is -0.285. The van der Waals surface area contributed by atoms with E-state index in [0.29, 0.717) is 6.61 Å². The van der Waals surface area contributed by atoms with E-state index in [1.54, 1.807) is 13.8 Å². The second kappa shape index (κ2) is 6.91. The van der Waals surface area contributed by atoms with Crippen LogP contribution in [0.4, 0.5) is 0 Å². The van der Waals surface area contributed by atoms with Crippen molar-refractivity contribution in [3.05, 3.63) is 30.3 Å². The highest BCUT2D eigenvalue weighted by molar-refractivity contribution is 5.72. The average Bonchev–Trinajstić information content (AvgIpc) is 2.34. The molecular formula is C13H19NO3. The molecule has 0 saturated carbocycles. The quantitative estimate of drug-likeness (QED) is 0.603. The third-order valence-electron chi connectivity index (χ3n) is 2.50. The summed E-state index contributed by atoms with van der Waals surface area (Å²) >= 11 is 0. The van der Waals surface area contributed by atoms with Crippen LogP contribution in [0, 0.1) is 5.92 Å². The van der Waals surface area contributed by atoms with Gasteiger partial charge in [0.05, 0.1) is 5.92 Å². The van der Waals surface area contributed by atoms with Crippen LogP contribution in [0.15, 0.2) is 30.3 Å². The maximum atomic E-state index is 11.4. The van der Waals surface area contributed by atoms with Gasteiger partial charge in [0.2, 0.25) is 0 Å². The van der Waals surface area contributed by atoms with Crippen molar-refractivity contribution >= 4 is 5.97 Å². The average molecular weight is 237 g/mol. The normalized spacial score (nSPS) is 13.8. The molecule has 0 amide bonds. The number of ether oxygens (including phenoxy) is 2. The van der Waals surface area contributed by atoms with Gasteiger partial charge in [0, 0.05) is 6.04 Å². The Morgan fingerprint density at radius 2 is 1.88 bits per heavy atom. The van der Waals surface area contributed by atoms with Gasteiger partial charge in [0.1, 0.15) is 19.0 Å². The van der Waals surface area contributed by atoms with Gasteiger partial charge >= 0.3 is 5.97 Å². The van der Waals surface area contributed by atoms with E-state index >= 15 is 0 Å². The Balaban J connectivity index is 2.18. The van der Waals surface area contributed by atoms with Crippen LogP contribution in [0.3, 0.4) is 0 Å². The van der Waals surface area contributed by atoms with Crippen molar-refractivity contribution in [1.29, 1.82) is 0 Å². The van der Waals surface area contributed by atoms with Gasteiger partial charge in [-0.1, -0.05) is 25.1 Å². The lowest BCUT2D eigenvalue weighted by molar-refractivity contribution is -0.149. The third kappa shape index (κ3) is 4.87. The third-order valence-corrected chi connectivity index (χ3v) is 2.50. The summed E-state index contributed by atoms with van der Waals surface area (Å²) in [6, 6.07) is 9.20. The topological polar surface area (TPSA) is 61.6 Å². The van der Waals surface area contributed by atoms with Crippen LogP contribution in [0.2, 0.25) is 0 Å². The summed E-state index contributed by atoms with van der Waals surface area (Å²) in [5.41, 5.74) is 5.60. The number of hydrogen-bond donors (Lipinski definition) is 1. The molecule has 17 heavy (non-hydrogen) atoms. The number of para-hydroxylation sites is 1. The number of carbonyl (C=O) groups is 1. The molecule has 0 aliphatic heterocycles. The van der Waals surface area contributed by atoms with Crippen LogP contribution in [0.5, 0.6) is 5.75 Å². The Morgan fingerprint density at radius 1 is 1.24 bits per heavy atom. The van der Waals surface area contributed by atoms with Crippen LogP contribution in [-0.2, 0) is 9.53 Å². The zero-order chi connectivity index (χ0) is 12.7. The van der Waals surface area contributed by atoms with Crippen molar-refractivity contribution in [1.82, 2.24) is 0 Å². The molecule has 0 radical (unpaired) electrons. The summed E-state index contributed by atoms with van der Waals surface area (Å²) in [6.45, 7) is 4.13. The molecule has 0 aliphatic carbocycles. The maximum Gasteiger partial charge on any atom is 0.310 e. The number of hydrogen-bond acceptors (Lipinski definition) is 4. The van der Waals surface area contributed by atoms with E-state index in [9.17, 15) is 4.79 Å². The van der Waals surface area contributed by atoms with E-state index in [2.05, 4.69) is 0 Å². The SMILES string of the molecule is CC(N)C(C)C(=O)OCCOc1ccccc1. The van der Waals surface area contributed by atoms with E-state index in [-0.39, 0.29) is 24.5 Å². The largest absolute Gasteiger partial charge is 0.490 e. The minimum Gasteiger partial charge on any atom is -0.490 e. The molecule has 2 atom stereocenters. The minimum absolute atomic E-state index is 0.197. The highest BCUT2D eigenvalue weighted by atomic mass is 16.6. The first-order valence-electron chi connectivity index (χ1n) is 5.71. The van der Waals surface area contributed by atoms with Crippen LogP contribution >= 0.6 is 0 Å². The van der Waals surface area contributed by atoms with E-state index in [4.69, 9.17) is 15.2 Å². The van der Waals surface area contributed by atoms with Gasteiger partial charge in [0.15, 0.2) is 0 Å². The zero-order valence-corrected chi connectivity index (χ0v) is 10.3. The Bertz CT molecular complexity index is 338. The molecule has 1 aromatic carbocycles. The van der Waals surface area contributed by atoms with Crippen molar-refractivity contribution in [3.8, 4) is 5.75 Å². The van der Waals surface area contributed by atoms with Gasteiger partial charge < -0.3 is 15.2 Å². The van der Waals surface area contributed by atoms with E-state index in [1.165, 1.54) is 0 Å². The van der Waals surface area contributed by atoms with Gasteiger partial charge in [-0.2, -0.15) is 0 Å². The van der Waals surface area contributed by atoms with Crippen LogP contribution in [0.25, 0.3) is 0 Å². The van der Waals surface area contributed by atoms with Crippen molar-refractivity contribution in [2.24, 2.45) is 11.7 Å². The summed E-state index contributed by atoms with van der Waals surface area (Å²) in [7, 11) is 0. The maximum absolute atomic E-state index is 11.4. The first-order chi connectivity index (χ1) is 8.11.